The first-order valence-corrected chi connectivity index (χ1v) is 13.0. The summed E-state index contributed by atoms with van der Waals surface area (Å²) in [6.45, 7) is 10.7. The fraction of sp³-hybridized carbons (Fsp3) is 0.393. The Morgan fingerprint density at radius 1 is 1.08 bits per heavy atom. The number of ether oxygens (including phenoxy) is 1. The highest BCUT2D eigenvalue weighted by Crippen LogP contribution is 2.27. The molecule has 1 heterocycles. The van der Waals surface area contributed by atoms with Gasteiger partial charge in [-0.3, -0.25) is 4.79 Å². The molecule has 1 atom stereocenters. The molecule has 0 aliphatic rings. The van der Waals surface area contributed by atoms with E-state index in [0.29, 0.717) is 47.0 Å². The maximum atomic E-state index is 12.7. The molecule has 0 amide bonds. The zero-order valence-electron chi connectivity index (χ0n) is 21.9. The number of hydrogen-bond acceptors (Lipinski definition) is 7. The fourth-order valence-electron chi connectivity index (χ4n) is 3.73. The van der Waals surface area contributed by atoms with Crippen molar-refractivity contribution in [1.82, 2.24) is 15.3 Å². The maximum Gasteiger partial charge on any atom is 0.323 e. The van der Waals surface area contributed by atoms with E-state index in [0.717, 1.165) is 16.7 Å². The Hall–Kier alpha value is -2.87. The minimum atomic E-state index is -0.537. The van der Waals surface area contributed by atoms with Crippen LogP contribution in [0.5, 0.6) is 0 Å². The van der Waals surface area contributed by atoms with Gasteiger partial charge in [0.15, 0.2) is 11.6 Å². The van der Waals surface area contributed by atoms with Crippen molar-refractivity contribution in [2.24, 2.45) is 5.92 Å². The average molecular weight is 545 g/mol. The highest BCUT2D eigenvalue weighted by molar-refractivity contribution is 6.36. The van der Waals surface area contributed by atoms with Crippen molar-refractivity contribution in [1.29, 1.82) is 0 Å². The molecular formula is C28H35Cl2N5O2. The number of nitrogens with two attached hydrogens (primary N) is 1. The van der Waals surface area contributed by atoms with E-state index in [4.69, 9.17) is 33.7 Å². The lowest BCUT2D eigenvalue weighted by molar-refractivity contribution is -0.158. The quantitative estimate of drug-likeness (QED) is 0.251. The van der Waals surface area contributed by atoms with E-state index < -0.39 is 11.6 Å². The molecule has 9 heteroatoms. The van der Waals surface area contributed by atoms with Crippen LogP contribution in [-0.2, 0) is 22.6 Å². The van der Waals surface area contributed by atoms with Crippen LogP contribution in [-0.4, -0.2) is 27.6 Å². The molecule has 0 unspecified atom stereocenters. The number of rotatable bonds is 10. The molecule has 0 fully saturated rings. The smallest absolute Gasteiger partial charge is 0.323 e. The first kappa shape index (κ1) is 28.7. The van der Waals surface area contributed by atoms with E-state index in [2.05, 4.69) is 34.4 Å². The zero-order chi connectivity index (χ0) is 27.2. The van der Waals surface area contributed by atoms with Gasteiger partial charge in [-0.05, 0) is 56.9 Å². The van der Waals surface area contributed by atoms with Gasteiger partial charge < -0.3 is 21.1 Å². The minimum absolute atomic E-state index is 0.240. The molecule has 3 rings (SSSR count). The van der Waals surface area contributed by atoms with Gasteiger partial charge >= 0.3 is 5.97 Å². The molecule has 0 radical (unpaired) electrons. The second kappa shape index (κ2) is 12.6. The van der Waals surface area contributed by atoms with Crippen LogP contribution < -0.4 is 16.4 Å². The number of anilines is 2. The average Bonchev–Trinajstić information content (AvgIpc) is 2.81. The number of carbonyl (C=O) groups is 1. The number of esters is 1. The van der Waals surface area contributed by atoms with Crippen molar-refractivity contribution in [3.63, 3.8) is 0 Å². The lowest BCUT2D eigenvalue weighted by atomic mass is 10.0. The molecule has 7 nitrogen and oxygen atoms in total. The number of hydrogen-bond donors (Lipinski definition) is 3. The lowest BCUT2D eigenvalue weighted by Crippen LogP contribution is -2.41. The highest BCUT2D eigenvalue weighted by Gasteiger charge is 2.25. The molecule has 0 aliphatic carbocycles. The normalized spacial score (nSPS) is 12.4. The van der Waals surface area contributed by atoms with Gasteiger partial charge in [0.1, 0.15) is 11.6 Å². The van der Waals surface area contributed by atoms with Crippen molar-refractivity contribution in [3.05, 3.63) is 69.8 Å². The van der Waals surface area contributed by atoms with Gasteiger partial charge in [0.05, 0.1) is 11.9 Å². The van der Waals surface area contributed by atoms with E-state index in [1.165, 1.54) is 0 Å². The first-order chi connectivity index (χ1) is 17.4. The lowest BCUT2D eigenvalue weighted by Gasteiger charge is -2.25. The summed E-state index contributed by atoms with van der Waals surface area (Å²) in [5.41, 5.74) is 8.84. The number of aromatic nitrogens is 2. The number of halogens is 2. The summed E-state index contributed by atoms with van der Waals surface area (Å²) >= 11 is 12.6. The van der Waals surface area contributed by atoms with E-state index in [-0.39, 0.29) is 11.8 Å². The Morgan fingerprint density at radius 3 is 2.41 bits per heavy atom. The molecule has 2 aromatic carbocycles. The molecule has 1 aromatic heterocycles. The third kappa shape index (κ3) is 8.59. The van der Waals surface area contributed by atoms with Gasteiger partial charge in [-0.25, -0.2) is 9.97 Å². The van der Waals surface area contributed by atoms with Crippen LogP contribution >= 0.6 is 23.2 Å². The summed E-state index contributed by atoms with van der Waals surface area (Å²) in [4.78, 5) is 21.7. The van der Waals surface area contributed by atoms with Gasteiger partial charge in [-0.1, -0.05) is 61.3 Å². The van der Waals surface area contributed by atoms with Gasteiger partial charge in [-0.2, -0.15) is 0 Å². The predicted octanol–water partition coefficient (Wildman–Crippen LogP) is 6.49. The topological polar surface area (TPSA) is 102 Å². The molecule has 0 aliphatic heterocycles. The molecule has 0 bridgehead atoms. The van der Waals surface area contributed by atoms with E-state index in [1.807, 2.05) is 45.0 Å². The number of nitrogens with one attached hydrogen (secondary N) is 2. The van der Waals surface area contributed by atoms with Crippen molar-refractivity contribution in [3.8, 4) is 11.3 Å². The van der Waals surface area contributed by atoms with Crippen LogP contribution in [0.25, 0.3) is 11.3 Å². The second-order valence-electron chi connectivity index (χ2n) is 10.3. The van der Waals surface area contributed by atoms with Crippen LogP contribution in [0.15, 0.2) is 48.7 Å². The summed E-state index contributed by atoms with van der Waals surface area (Å²) in [7, 11) is 0. The second-order valence-corrected chi connectivity index (χ2v) is 11.2. The van der Waals surface area contributed by atoms with Crippen LogP contribution in [0.1, 0.15) is 52.2 Å². The van der Waals surface area contributed by atoms with E-state index in [1.54, 1.807) is 24.4 Å². The minimum Gasteiger partial charge on any atom is -0.459 e. The number of nitrogens with zero attached hydrogens (tertiary/aromatic N) is 2. The molecule has 0 saturated heterocycles. The Bertz CT molecular complexity index is 1210. The van der Waals surface area contributed by atoms with Crippen LogP contribution in [0, 0.1) is 5.92 Å². The van der Waals surface area contributed by atoms with Crippen molar-refractivity contribution < 1.29 is 9.53 Å². The maximum absolute atomic E-state index is 12.7. The van der Waals surface area contributed by atoms with Gasteiger partial charge in [0, 0.05) is 34.3 Å². The molecule has 198 valence electrons. The van der Waals surface area contributed by atoms with Gasteiger partial charge in [-0.15, -0.1) is 0 Å². The van der Waals surface area contributed by atoms with Crippen LogP contribution in [0.4, 0.5) is 11.6 Å². The Labute approximate surface area is 229 Å². The van der Waals surface area contributed by atoms with E-state index in [9.17, 15) is 4.79 Å². The van der Waals surface area contributed by atoms with Crippen molar-refractivity contribution in [2.75, 3.05) is 11.1 Å². The molecular weight excluding hydrogens is 509 g/mol. The molecule has 3 aromatic rings. The molecule has 4 N–H and O–H groups in total. The molecule has 0 saturated carbocycles. The monoisotopic (exact) mass is 543 g/mol. The zero-order valence-corrected chi connectivity index (χ0v) is 23.5. The van der Waals surface area contributed by atoms with Crippen LogP contribution in [0.3, 0.4) is 0 Å². The number of benzene rings is 2. The highest BCUT2D eigenvalue weighted by atomic mass is 35.5. The van der Waals surface area contributed by atoms with Crippen molar-refractivity contribution in [2.45, 2.75) is 65.8 Å². The van der Waals surface area contributed by atoms with Crippen LogP contribution in [0.2, 0.25) is 10.0 Å². The summed E-state index contributed by atoms with van der Waals surface area (Å²) in [5.74, 6) is 0.821. The summed E-state index contributed by atoms with van der Waals surface area (Å²) in [6.07, 6.45) is 2.32. The van der Waals surface area contributed by atoms with E-state index >= 15 is 0 Å². The Kier molecular flexibility index (Phi) is 9.76. The third-order valence-electron chi connectivity index (χ3n) is 5.47. The predicted molar refractivity (Wildman–Crippen MR) is 152 cm³/mol. The Balaban J connectivity index is 1.74. The number of carbonyl (C=O) groups excluding carboxylic acids is 1. The third-order valence-corrected chi connectivity index (χ3v) is 6.18. The summed E-state index contributed by atoms with van der Waals surface area (Å²) in [5, 5.41) is 7.68. The first-order valence-electron chi connectivity index (χ1n) is 12.3. The molecule has 37 heavy (non-hydrogen) atoms. The van der Waals surface area contributed by atoms with Gasteiger partial charge in [0.2, 0.25) is 0 Å². The molecule has 0 spiro atoms. The Morgan fingerprint density at radius 2 is 1.76 bits per heavy atom. The van der Waals surface area contributed by atoms with Crippen molar-refractivity contribution >= 4 is 40.8 Å². The largest absolute Gasteiger partial charge is 0.459 e. The summed E-state index contributed by atoms with van der Waals surface area (Å²) in [6, 6.07) is 12.9. The standard InChI is InChI=1S/C28H35Cl2N5O2/c1-17(2)12-23(27(36)37-28(3,4)5)32-14-18-8-6-9-19(13-18)24-16-33-25(31)26(35-24)34-15-20-21(29)10-7-11-22(20)30/h6-11,13,16-17,23,32H,12,14-15H2,1-5H3,(H2,31,33)(H,34,35)/t23-/m0/s1. The fourth-order valence-corrected chi connectivity index (χ4v) is 4.26. The SMILES string of the molecule is CC(C)C[C@H](NCc1cccc(-c2cnc(N)c(NCc3c(Cl)cccc3Cl)n2)c1)C(=O)OC(C)(C)C. The van der Waals surface area contributed by atoms with Gasteiger partial charge in [0.25, 0.3) is 0 Å². The summed E-state index contributed by atoms with van der Waals surface area (Å²) < 4.78 is 5.62. The number of nitrogen functional groups attached to an aromatic ring is 1.